The van der Waals surface area contributed by atoms with Gasteiger partial charge in [0.1, 0.15) is 0 Å². The van der Waals surface area contributed by atoms with Gasteiger partial charge in [0.2, 0.25) is 10.0 Å². The standard InChI is InChI=1S/C19H24N2O5S/c1-3-20(16-6-4-5-7-16)18(22)13-26-19(23)15-8-9-17-14(12-15)10-11-21(17)27(2,24)25/h6,8-9,12H,3-5,7,10-11,13H2,1-2H3. The summed E-state index contributed by atoms with van der Waals surface area (Å²) in [6.07, 6.45) is 6.64. The van der Waals surface area contributed by atoms with Gasteiger partial charge in [0.25, 0.3) is 5.91 Å². The van der Waals surface area contributed by atoms with Crippen LogP contribution in [0.4, 0.5) is 5.69 Å². The number of rotatable bonds is 6. The quantitative estimate of drug-likeness (QED) is 0.692. The molecule has 1 aliphatic carbocycles. The third-order valence-electron chi connectivity index (χ3n) is 4.88. The molecule has 8 heteroatoms. The number of ether oxygens (including phenoxy) is 1. The predicted octanol–water partition coefficient (Wildman–Crippen LogP) is 2.08. The van der Waals surface area contributed by atoms with Crippen LogP contribution in [0.5, 0.6) is 0 Å². The van der Waals surface area contributed by atoms with Gasteiger partial charge in [0.15, 0.2) is 6.61 Å². The van der Waals surface area contributed by atoms with E-state index in [1.165, 1.54) is 10.4 Å². The van der Waals surface area contributed by atoms with E-state index in [0.29, 0.717) is 30.8 Å². The van der Waals surface area contributed by atoms with Crippen molar-refractivity contribution in [3.05, 3.63) is 41.1 Å². The number of allylic oxidation sites excluding steroid dienone is 2. The summed E-state index contributed by atoms with van der Waals surface area (Å²) in [4.78, 5) is 26.4. The van der Waals surface area contributed by atoms with Crippen molar-refractivity contribution >= 4 is 27.6 Å². The van der Waals surface area contributed by atoms with Crippen LogP contribution in [-0.4, -0.2) is 51.1 Å². The highest BCUT2D eigenvalue weighted by molar-refractivity contribution is 7.92. The van der Waals surface area contributed by atoms with Crippen LogP contribution in [0.3, 0.4) is 0 Å². The zero-order chi connectivity index (χ0) is 19.6. The summed E-state index contributed by atoms with van der Waals surface area (Å²) in [5.41, 5.74) is 2.69. The van der Waals surface area contributed by atoms with E-state index in [9.17, 15) is 18.0 Å². The largest absolute Gasteiger partial charge is 0.452 e. The van der Waals surface area contributed by atoms with Crippen LogP contribution in [0.15, 0.2) is 30.0 Å². The van der Waals surface area contributed by atoms with Crippen LogP contribution in [-0.2, 0) is 26.0 Å². The lowest BCUT2D eigenvalue weighted by atomic mass is 10.1. The highest BCUT2D eigenvalue weighted by Gasteiger charge is 2.27. The number of anilines is 1. The normalized spacial score (nSPS) is 16.1. The van der Waals surface area contributed by atoms with Gasteiger partial charge >= 0.3 is 5.97 Å². The number of carbonyl (C=O) groups excluding carboxylic acids is 2. The molecule has 0 bridgehead atoms. The Bertz CT molecular complexity index is 891. The van der Waals surface area contributed by atoms with Gasteiger partial charge in [-0.05, 0) is 56.4 Å². The Kier molecular flexibility index (Phi) is 5.55. The van der Waals surface area contributed by atoms with Gasteiger partial charge in [-0.25, -0.2) is 13.2 Å². The number of carbonyl (C=O) groups is 2. The molecule has 0 atom stereocenters. The van der Waals surface area contributed by atoms with Crippen molar-refractivity contribution in [2.75, 3.05) is 30.3 Å². The lowest BCUT2D eigenvalue weighted by Crippen LogP contribution is -2.33. The molecule has 0 fully saturated rings. The van der Waals surface area contributed by atoms with E-state index in [2.05, 4.69) is 6.08 Å². The van der Waals surface area contributed by atoms with Crippen molar-refractivity contribution in [3.63, 3.8) is 0 Å². The van der Waals surface area contributed by atoms with Gasteiger partial charge in [0, 0.05) is 18.8 Å². The Hall–Kier alpha value is -2.35. The average Bonchev–Trinajstić information content (AvgIpc) is 3.28. The molecular formula is C19H24N2O5S. The Morgan fingerprint density at radius 3 is 2.67 bits per heavy atom. The highest BCUT2D eigenvalue weighted by Crippen LogP contribution is 2.31. The van der Waals surface area contributed by atoms with Crippen molar-refractivity contribution in [1.82, 2.24) is 4.90 Å². The highest BCUT2D eigenvalue weighted by atomic mass is 32.2. The zero-order valence-electron chi connectivity index (χ0n) is 15.6. The van der Waals surface area contributed by atoms with Gasteiger partial charge in [0.05, 0.1) is 17.5 Å². The molecule has 3 rings (SSSR count). The number of hydrogen-bond acceptors (Lipinski definition) is 5. The maximum absolute atomic E-state index is 12.4. The number of esters is 1. The first-order chi connectivity index (χ1) is 12.8. The fourth-order valence-corrected chi connectivity index (χ4v) is 4.53. The number of likely N-dealkylation sites (N-methyl/N-ethyl adjacent to an activating group) is 1. The van der Waals surface area contributed by atoms with Gasteiger partial charge in [-0.3, -0.25) is 9.10 Å². The van der Waals surface area contributed by atoms with E-state index in [1.807, 2.05) is 6.92 Å². The predicted molar refractivity (Wildman–Crippen MR) is 102 cm³/mol. The lowest BCUT2D eigenvalue weighted by Gasteiger charge is -2.22. The van der Waals surface area contributed by atoms with Crippen molar-refractivity contribution in [3.8, 4) is 0 Å². The number of fused-ring (bicyclic) bond motifs is 1. The molecule has 0 aromatic heterocycles. The molecule has 1 aliphatic heterocycles. The smallest absolute Gasteiger partial charge is 0.338 e. The number of benzene rings is 1. The number of sulfonamides is 1. The molecule has 0 saturated carbocycles. The maximum Gasteiger partial charge on any atom is 0.338 e. The molecule has 0 radical (unpaired) electrons. The lowest BCUT2D eigenvalue weighted by molar-refractivity contribution is -0.132. The van der Waals surface area contributed by atoms with Crippen molar-refractivity contribution in [2.24, 2.45) is 0 Å². The van der Waals surface area contributed by atoms with E-state index >= 15 is 0 Å². The van der Waals surface area contributed by atoms with E-state index in [0.717, 1.165) is 36.8 Å². The van der Waals surface area contributed by atoms with Crippen molar-refractivity contribution in [1.29, 1.82) is 0 Å². The molecule has 2 aliphatic rings. The number of hydrogen-bond donors (Lipinski definition) is 0. The first-order valence-electron chi connectivity index (χ1n) is 9.08. The SMILES string of the molecule is CCN(C(=O)COC(=O)c1ccc2c(c1)CCN2S(C)(=O)=O)C1=CCCC1. The molecule has 7 nitrogen and oxygen atoms in total. The molecule has 1 amide bonds. The van der Waals surface area contributed by atoms with Gasteiger partial charge in [-0.15, -0.1) is 0 Å². The second kappa shape index (κ2) is 7.72. The molecule has 1 aromatic carbocycles. The summed E-state index contributed by atoms with van der Waals surface area (Å²) in [6.45, 7) is 2.50. The Morgan fingerprint density at radius 1 is 1.26 bits per heavy atom. The number of amides is 1. The van der Waals surface area contributed by atoms with E-state index < -0.39 is 16.0 Å². The third kappa shape index (κ3) is 4.16. The Morgan fingerprint density at radius 2 is 2.04 bits per heavy atom. The Balaban J connectivity index is 1.64. The van der Waals surface area contributed by atoms with E-state index in [-0.39, 0.29) is 12.5 Å². The fraction of sp³-hybridized carbons (Fsp3) is 0.474. The summed E-state index contributed by atoms with van der Waals surface area (Å²) >= 11 is 0. The summed E-state index contributed by atoms with van der Waals surface area (Å²) in [6, 6.07) is 4.79. The first kappa shape index (κ1) is 19.4. The molecule has 146 valence electrons. The molecular weight excluding hydrogens is 368 g/mol. The fourth-order valence-electron chi connectivity index (χ4n) is 3.57. The van der Waals surface area contributed by atoms with Crippen LogP contribution in [0.25, 0.3) is 0 Å². The topological polar surface area (TPSA) is 84.0 Å². The first-order valence-corrected chi connectivity index (χ1v) is 10.9. The molecule has 0 saturated heterocycles. The second-order valence-electron chi connectivity index (χ2n) is 6.73. The van der Waals surface area contributed by atoms with E-state index in [4.69, 9.17) is 4.74 Å². The molecule has 0 unspecified atom stereocenters. The zero-order valence-corrected chi connectivity index (χ0v) is 16.4. The minimum atomic E-state index is -3.33. The Labute approximate surface area is 159 Å². The summed E-state index contributed by atoms with van der Waals surface area (Å²) < 4.78 is 30.1. The third-order valence-corrected chi connectivity index (χ3v) is 6.06. The second-order valence-corrected chi connectivity index (χ2v) is 8.64. The molecule has 0 spiro atoms. The minimum Gasteiger partial charge on any atom is -0.452 e. The maximum atomic E-state index is 12.4. The molecule has 1 heterocycles. The van der Waals surface area contributed by atoms with Crippen molar-refractivity contribution < 1.29 is 22.7 Å². The van der Waals surface area contributed by atoms with Crippen LogP contribution in [0.1, 0.15) is 42.1 Å². The van der Waals surface area contributed by atoms with Gasteiger partial charge in [-0.2, -0.15) is 0 Å². The van der Waals surface area contributed by atoms with Crippen LogP contribution >= 0.6 is 0 Å². The van der Waals surface area contributed by atoms with Crippen molar-refractivity contribution in [2.45, 2.75) is 32.6 Å². The molecule has 27 heavy (non-hydrogen) atoms. The van der Waals surface area contributed by atoms with Crippen LogP contribution in [0.2, 0.25) is 0 Å². The summed E-state index contributed by atoms with van der Waals surface area (Å²) in [5, 5.41) is 0. The van der Waals surface area contributed by atoms with E-state index in [1.54, 1.807) is 17.0 Å². The molecule has 1 aromatic rings. The van der Waals surface area contributed by atoms with Crippen LogP contribution < -0.4 is 4.31 Å². The van der Waals surface area contributed by atoms with Gasteiger partial charge < -0.3 is 9.64 Å². The monoisotopic (exact) mass is 392 g/mol. The van der Waals surface area contributed by atoms with Gasteiger partial charge in [-0.1, -0.05) is 6.08 Å². The summed E-state index contributed by atoms with van der Waals surface area (Å²) in [7, 11) is -3.33. The summed E-state index contributed by atoms with van der Waals surface area (Å²) in [5.74, 6) is -0.816. The molecule has 0 N–H and O–H groups in total. The minimum absolute atomic E-state index is 0.233. The number of nitrogens with zero attached hydrogens (tertiary/aromatic N) is 2. The average molecular weight is 392 g/mol. The van der Waals surface area contributed by atoms with Crippen LogP contribution in [0, 0.1) is 0 Å².